The molecule has 2 aliphatic heterocycles. The average molecular weight is 298 g/mol. The highest BCUT2D eigenvalue weighted by molar-refractivity contribution is 7.99. The molecule has 2 aliphatic rings. The van der Waals surface area contributed by atoms with Gasteiger partial charge in [0.05, 0.1) is 12.1 Å². The van der Waals surface area contributed by atoms with Crippen molar-refractivity contribution in [1.29, 1.82) is 0 Å². The fraction of sp³-hybridized carbons (Fsp3) is 1.00. The first-order chi connectivity index (χ1) is 8.94. The molecule has 2 N–H and O–H groups in total. The molecular weight excluding hydrogens is 277 g/mol. The molecule has 0 amide bonds. The molecule has 0 bridgehead atoms. The van der Waals surface area contributed by atoms with Gasteiger partial charge in [0, 0.05) is 31.5 Å². The third-order valence-corrected chi connectivity index (χ3v) is 5.07. The first-order valence-electron chi connectivity index (χ1n) is 6.67. The molecule has 3 nitrogen and oxygen atoms in total. The summed E-state index contributed by atoms with van der Waals surface area (Å²) in [6.07, 6.45) is -1.83. The maximum atomic E-state index is 12.6. The maximum Gasteiger partial charge on any atom is 0.401 e. The van der Waals surface area contributed by atoms with Crippen LogP contribution in [0.1, 0.15) is 19.3 Å². The lowest BCUT2D eigenvalue weighted by atomic mass is 9.89. The van der Waals surface area contributed by atoms with Crippen molar-refractivity contribution in [3.63, 3.8) is 0 Å². The van der Waals surface area contributed by atoms with Crippen LogP contribution in [-0.2, 0) is 4.74 Å². The second-order valence-electron chi connectivity index (χ2n) is 5.36. The minimum Gasteiger partial charge on any atom is -0.374 e. The van der Waals surface area contributed by atoms with Gasteiger partial charge in [0.1, 0.15) is 0 Å². The van der Waals surface area contributed by atoms with Crippen LogP contribution in [-0.4, -0.2) is 60.5 Å². The lowest BCUT2D eigenvalue weighted by Gasteiger charge is -2.42. The average Bonchev–Trinajstić information content (AvgIpc) is 2.75. The van der Waals surface area contributed by atoms with Crippen molar-refractivity contribution in [1.82, 2.24) is 4.90 Å². The summed E-state index contributed by atoms with van der Waals surface area (Å²) in [6, 6.07) is -0.0578. The fourth-order valence-electron chi connectivity index (χ4n) is 2.96. The molecule has 19 heavy (non-hydrogen) atoms. The maximum absolute atomic E-state index is 12.6. The van der Waals surface area contributed by atoms with Gasteiger partial charge in [-0.05, 0) is 25.0 Å². The predicted molar refractivity (Wildman–Crippen MR) is 70.3 cm³/mol. The molecule has 2 fully saturated rings. The zero-order chi connectivity index (χ0) is 13.9. The third kappa shape index (κ3) is 4.24. The summed E-state index contributed by atoms with van der Waals surface area (Å²) >= 11 is 1.83. The van der Waals surface area contributed by atoms with Gasteiger partial charge in [-0.15, -0.1) is 0 Å². The Kier molecular flexibility index (Phi) is 5.03. The van der Waals surface area contributed by atoms with Crippen LogP contribution >= 0.6 is 11.8 Å². The smallest absolute Gasteiger partial charge is 0.374 e. The quantitative estimate of drug-likeness (QED) is 0.860. The Bertz CT molecular complexity index is 295. The highest BCUT2D eigenvalue weighted by Gasteiger charge is 2.43. The van der Waals surface area contributed by atoms with Crippen molar-refractivity contribution in [2.45, 2.75) is 37.1 Å². The van der Waals surface area contributed by atoms with Crippen LogP contribution in [0.2, 0.25) is 0 Å². The normalized spacial score (nSPS) is 32.4. The molecule has 1 spiro atoms. The number of hydrogen-bond donors (Lipinski definition) is 1. The number of nitrogens with two attached hydrogens (primary N) is 1. The molecule has 2 saturated heterocycles. The summed E-state index contributed by atoms with van der Waals surface area (Å²) in [4.78, 5) is 1.49. The van der Waals surface area contributed by atoms with E-state index in [9.17, 15) is 13.2 Å². The molecule has 7 heteroatoms. The Balaban J connectivity index is 1.99. The minimum atomic E-state index is -4.16. The predicted octanol–water partition coefficient (Wildman–Crippen LogP) is 1.86. The molecule has 0 aromatic heterocycles. The van der Waals surface area contributed by atoms with E-state index in [-0.39, 0.29) is 18.2 Å². The Morgan fingerprint density at radius 3 is 2.79 bits per heavy atom. The molecule has 2 unspecified atom stereocenters. The lowest BCUT2D eigenvalue weighted by molar-refractivity contribution is -0.162. The van der Waals surface area contributed by atoms with Crippen molar-refractivity contribution in [2.75, 3.05) is 37.7 Å². The van der Waals surface area contributed by atoms with Crippen LogP contribution < -0.4 is 5.73 Å². The first-order valence-corrected chi connectivity index (χ1v) is 7.82. The summed E-state index contributed by atoms with van der Waals surface area (Å²) in [7, 11) is 0. The number of nitrogens with zero attached hydrogens (tertiary/aromatic N) is 1. The van der Waals surface area contributed by atoms with E-state index >= 15 is 0 Å². The minimum absolute atomic E-state index is 0.0578. The second-order valence-corrected chi connectivity index (χ2v) is 6.46. The van der Waals surface area contributed by atoms with E-state index in [1.54, 1.807) is 0 Å². The van der Waals surface area contributed by atoms with Crippen LogP contribution in [0.15, 0.2) is 0 Å². The van der Waals surface area contributed by atoms with Crippen LogP contribution in [0, 0.1) is 0 Å². The summed E-state index contributed by atoms with van der Waals surface area (Å²) in [6.45, 7) is 0.255. The van der Waals surface area contributed by atoms with Crippen molar-refractivity contribution < 1.29 is 17.9 Å². The van der Waals surface area contributed by atoms with E-state index in [0.29, 0.717) is 26.0 Å². The van der Waals surface area contributed by atoms with Crippen LogP contribution in [0.4, 0.5) is 13.2 Å². The number of rotatable bonds is 4. The van der Waals surface area contributed by atoms with Gasteiger partial charge < -0.3 is 10.5 Å². The van der Waals surface area contributed by atoms with Gasteiger partial charge in [0.15, 0.2) is 0 Å². The Morgan fingerprint density at radius 2 is 2.21 bits per heavy atom. The number of hydrogen-bond acceptors (Lipinski definition) is 4. The van der Waals surface area contributed by atoms with Crippen molar-refractivity contribution >= 4 is 11.8 Å². The SMILES string of the molecule is NCCN(CC(F)(F)F)C1CCOC2(CCSC2)C1. The van der Waals surface area contributed by atoms with Crippen LogP contribution in [0.5, 0.6) is 0 Å². The number of alkyl halides is 3. The largest absolute Gasteiger partial charge is 0.401 e. The molecular formula is C12H21F3N2OS. The molecule has 2 heterocycles. The van der Waals surface area contributed by atoms with Gasteiger partial charge in [-0.25, -0.2) is 0 Å². The molecule has 0 saturated carbocycles. The molecule has 2 atom stereocenters. The fourth-order valence-corrected chi connectivity index (χ4v) is 4.34. The molecule has 0 aliphatic carbocycles. The molecule has 0 aromatic rings. The van der Waals surface area contributed by atoms with Crippen molar-refractivity contribution in [3.05, 3.63) is 0 Å². The van der Waals surface area contributed by atoms with Crippen LogP contribution in [0.3, 0.4) is 0 Å². The molecule has 112 valence electrons. The van der Waals surface area contributed by atoms with Gasteiger partial charge >= 0.3 is 6.18 Å². The summed E-state index contributed by atoms with van der Waals surface area (Å²) < 4.78 is 43.8. The van der Waals surface area contributed by atoms with E-state index in [4.69, 9.17) is 10.5 Å². The van der Waals surface area contributed by atoms with E-state index in [1.165, 1.54) is 4.90 Å². The molecule has 0 radical (unpaired) electrons. The number of thioether (sulfide) groups is 1. The highest BCUT2D eigenvalue weighted by Crippen LogP contribution is 2.39. The van der Waals surface area contributed by atoms with Crippen LogP contribution in [0.25, 0.3) is 0 Å². The van der Waals surface area contributed by atoms with Gasteiger partial charge in [-0.3, -0.25) is 4.90 Å². The standard InChI is InChI=1S/C12H21F3N2OS/c13-12(14,15)8-17(4-3-16)10-1-5-18-11(7-10)2-6-19-9-11/h10H,1-9,16H2. The highest BCUT2D eigenvalue weighted by atomic mass is 32.2. The van der Waals surface area contributed by atoms with E-state index in [1.807, 2.05) is 11.8 Å². The zero-order valence-electron chi connectivity index (χ0n) is 10.9. The van der Waals surface area contributed by atoms with E-state index in [0.717, 1.165) is 17.9 Å². The van der Waals surface area contributed by atoms with Crippen molar-refractivity contribution in [2.24, 2.45) is 5.73 Å². The van der Waals surface area contributed by atoms with Gasteiger partial charge in [0.2, 0.25) is 0 Å². The van der Waals surface area contributed by atoms with Gasteiger partial charge in [0.25, 0.3) is 0 Å². The first kappa shape index (κ1) is 15.4. The summed E-state index contributed by atoms with van der Waals surface area (Å²) in [5.74, 6) is 1.95. The Morgan fingerprint density at radius 1 is 1.42 bits per heavy atom. The van der Waals surface area contributed by atoms with Gasteiger partial charge in [-0.1, -0.05) is 0 Å². The number of ether oxygens (including phenoxy) is 1. The lowest BCUT2D eigenvalue weighted by Crippen LogP contribution is -2.52. The monoisotopic (exact) mass is 298 g/mol. The third-order valence-electron chi connectivity index (χ3n) is 3.85. The topological polar surface area (TPSA) is 38.5 Å². The number of halogens is 3. The Labute approximate surface area is 116 Å². The second kappa shape index (κ2) is 6.20. The zero-order valence-corrected chi connectivity index (χ0v) is 11.7. The van der Waals surface area contributed by atoms with Crippen molar-refractivity contribution in [3.8, 4) is 0 Å². The molecule has 0 aromatic carbocycles. The summed E-state index contributed by atoms with van der Waals surface area (Å²) in [5.41, 5.74) is 5.27. The summed E-state index contributed by atoms with van der Waals surface area (Å²) in [5, 5.41) is 0. The Hall–Kier alpha value is 0.0200. The molecule has 2 rings (SSSR count). The van der Waals surface area contributed by atoms with E-state index in [2.05, 4.69) is 0 Å². The van der Waals surface area contributed by atoms with E-state index < -0.39 is 12.7 Å². The van der Waals surface area contributed by atoms with Gasteiger partial charge in [-0.2, -0.15) is 24.9 Å².